The van der Waals surface area contributed by atoms with Crippen molar-refractivity contribution in [2.45, 2.75) is 39.9 Å². The van der Waals surface area contributed by atoms with Crippen LogP contribution in [-0.2, 0) is 12.2 Å². The van der Waals surface area contributed by atoms with Crippen LogP contribution in [0.2, 0.25) is 0 Å². The highest BCUT2D eigenvalue weighted by Gasteiger charge is 2.12. The van der Waals surface area contributed by atoms with Gasteiger partial charge in [-0.1, -0.05) is 27.7 Å². The Balaban J connectivity index is 2.86. The molecule has 0 atom stereocenters. The summed E-state index contributed by atoms with van der Waals surface area (Å²) in [6.07, 6.45) is 1.01. The van der Waals surface area contributed by atoms with Crippen LogP contribution >= 0.6 is 34.4 Å². The highest BCUT2D eigenvalue weighted by Crippen LogP contribution is 2.23. The van der Waals surface area contributed by atoms with E-state index in [1.807, 2.05) is 18.8 Å². The lowest BCUT2D eigenvalue weighted by Crippen LogP contribution is -2.09. The van der Waals surface area contributed by atoms with Crippen LogP contribution in [0, 0.1) is 15.4 Å². The normalized spacial score (nSPS) is 11.4. The SMILES string of the molecule is CNc1nc(CSCC(C)C)nc(CC(C)C)c1I. The van der Waals surface area contributed by atoms with Crippen molar-refractivity contribution in [2.75, 3.05) is 18.1 Å². The minimum Gasteiger partial charge on any atom is -0.372 e. The summed E-state index contributed by atoms with van der Waals surface area (Å²) in [5.74, 6) is 5.30. The summed E-state index contributed by atoms with van der Waals surface area (Å²) in [7, 11) is 1.93. The summed E-state index contributed by atoms with van der Waals surface area (Å²) >= 11 is 4.26. The first-order valence-corrected chi connectivity index (χ1v) is 8.98. The number of rotatable bonds is 7. The van der Waals surface area contributed by atoms with Crippen LogP contribution in [0.4, 0.5) is 5.82 Å². The highest BCUT2D eigenvalue weighted by atomic mass is 127. The van der Waals surface area contributed by atoms with Gasteiger partial charge in [-0.15, -0.1) is 0 Å². The predicted molar refractivity (Wildman–Crippen MR) is 93.8 cm³/mol. The summed E-state index contributed by atoms with van der Waals surface area (Å²) in [6.45, 7) is 8.94. The Morgan fingerprint density at radius 1 is 1.16 bits per heavy atom. The van der Waals surface area contributed by atoms with Gasteiger partial charge in [-0.3, -0.25) is 0 Å². The Bertz CT molecular complexity index is 408. The first-order valence-electron chi connectivity index (χ1n) is 6.74. The summed E-state index contributed by atoms with van der Waals surface area (Å²) in [5, 5.41) is 3.18. The maximum atomic E-state index is 4.74. The highest BCUT2D eigenvalue weighted by molar-refractivity contribution is 14.1. The molecule has 0 aliphatic rings. The van der Waals surface area contributed by atoms with E-state index in [1.165, 1.54) is 5.69 Å². The molecule has 3 nitrogen and oxygen atoms in total. The zero-order valence-corrected chi connectivity index (χ0v) is 15.4. The molecule has 0 spiro atoms. The number of hydrogen-bond donors (Lipinski definition) is 1. The molecule has 0 saturated carbocycles. The van der Waals surface area contributed by atoms with E-state index in [0.29, 0.717) is 11.8 Å². The monoisotopic (exact) mass is 393 g/mol. The van der Waals surface area contributed by atoms with E-state index < -0.39 is 0 Å². The van der Waals surface area contributed by atoms with Crippen molar-refractivity contribution in [1.82, 2.24) is 9.97 Å². The van der Waals surface area contributed by atoms with Gasteiger partial charge in [-0.2, -0.15) is 11.8 Å². The zero-order chi connectivity index (χ0) is 14.4. The molecule has 5 heteroatoms. The van der Waals surface area contributed by atoms with Crippen molar-refractivity contribution in [3.63, 3.8) is 0 Å². The van der Waals surface area contributed by atoms with Crippen LogP contribution in [0.1, 0.15) is 39.2 Å². The fraction of sp³-hybridized carbons (Fsp3) is 0.714. The standard InChI is InChI=1S/C14H24IN3S/c1-9(2)6-11-13(15)14(16-5)18-12(17-11)8-19-7-10(3)4/h9-10H,6-8H2,1-5H3,(H,16,17,18). The Labute approximate surface area is 134 Å². The third-order valence-corrected chi connectivity index (χ3v) is 4.99. The van der Waals surface area contributed by atoms with E-state index in [2.05, 4.69) is 60.6 Å². The van der Waals surface area contributed by atoms with Crippen molar-refractivity contribution < 1.29 is 0 Å². The van der Waals surface area contributed by atoms with Gasteiger partial charge in [0.05, 0.1) is 15.0 Å². The summed E-state index contributed by atoms with van der Waals surface area (Å²) < 4.78 is 1.16. The van der Waals surface area contributed by atoms with Crippen LogP contribution in [0.25, 0.3) is 0 Å². The lowest BCUT2D eigenvalue weighted by atomic mass is 10.1. The van der Waals surface area contributed by atoms with Gasteiger partial charge in [0.1, 0.15) is 11.6 Å². The summed E-state index contributed by atoms with van der Waals surface area (Å²) in [6, 6.07) is 0. The molecule has 0 amide bonds. The molecular formula is C14H24IN3S. The second kappa shape index (κ2) is 8.29. The van der Waals surface area contributed by atoms with Crippen LogP contribution in [-0.4, -0.2) is 22.8 Å². The average molecular weight is 393 g/mol. The molecule has 0 bridgehead atoms. The van der Waals surface area contributed by atoms with Gasteiger partial charge < -0.3 is 5.32 Å². The smallest absolute Gasteiger partial charge is 0.143 e. The topological polar surface area (TPSA) is 37.8 Å². The van der Waals surface area contributed by atoms with E-state index in [9.17, 15) is 0 Å². The molecule has 0 aromatic carbocycles. The Hall–Kier alpha value is -0.0400. The van der Waals surface area contributed by atoms with E-state index in [4.69, 9.17) is 4.98 Å². The fourth-order valence-corrected chi connectivity index (χ4v) is 3.31. The summed E-state index contributed by atoms with van der Waals surface area (Å²) in [4.78, 5) is 9.34. The molecule has 19 heavy (non-hydrogen) atoms. The van der Waals surface area contributed by atoms with E-state index in [-0.39, 0.29) is 0 Å². The quantitative estimate of drug-likeness (QED) is 0.705. The molecule has 1 N–H and O–H groups in total. The third kappa shape index (κ3) is 5.85. The number of anilines is 1. The molecular weight excluding hydrogens is 369 g/mol. The van der Waals surface area contributed by atoms with Gasteiger partial charge in [-0.25, -0.2) is 9.97 Å². The van der Waals surface area contributed by atoms with Crippen LogP contribution in [0.3, 0.4) is 0 Å². The molecule has 1 rings (SSSR count). The molecule has 1 aromatic heterocycles. The largest absolute Gasteiger partial charge is 0.372 e. The minimum atomic E-state index is 0.615. The van der Waals surface area contributed by atoms with Gasteiger partial charge in [0.2, 0.25) is 0 Å². The van der Waals surface area contributed by atoms with Crippen molar-refractivity contribution in [2.24, 2.45) is 11.8 Å². The number of nitrogens with zero attached hydrogens (tertiary/aromatic N) is 2. The molecule has 0 aliphatic heterocycles. The van der Waals surface area contributed by atoms with Crippen molar-refractivity contribution in [3.05, 3.63) is 15.1 Å². The number of aromatic nitrogens is 2. The second-order valence-corrected chi connectivity index (χ2v) is 7.62. The van der Waals surface area contributed by atoms with E-state index >= 15 is 0 Å². The fourth-order valence-electron chi connectivity index (χ4n) is 1.68. The number of thioether (sulfide) groups is 1. The second-order valence-electron chi connectivity index (χ2n) is 5.51. The Morgan fingerprint density at radius 3 is 2.37 bits per heavy atom. The van der Waals surface area contributed by atoms with Gasteiger partial charge in [-0.05, 0) is 46.6 Å². The van der Waals surface area contributed by atoms with Crippen LogP contribution in [0.5, 0.6) is 0 Å². The lowest BCUT2D eigenvalue weighted by molar-refractivity contribution is 0.629. The molecule has 0 saturated heterocycles. The third-order valence-electron chi connectivity index (χ3n) is 2.49. The molecule has 0 radical (unpaired) electrons. The molecule has 0 fully saturated rings. The minimum absolute atomic E-state index is 0.615. The van der Waals surface area contributed by atoms with Gasteiger partial charge in [0.25, 0.3) is 0 Å². The van der Waals surface area contributed by atoms with E-state index in [0.717, 1.165) is 33.1 Å². The number of nitrogens with one attached hydrogen (secondary N) is 1. The van der Waals surface area contributed by atoms with Crippen LogP contribution in [0.15, 0.2) is 0 Å². The van der Waals surface area contributed by atoms with Gasteiger partial charge >= 0.3 is 0 Å². The first-order chi connectivity index (χ1) is 8.93. The molecule has 108 valence electrons. The molecule has 1 aromatic rings. The maximum absolute atomic E-state index is 4.74. The van der Waals surface area contributed by atoms with Crippen molar-refractivity contribution >= 4 is 40.2 Å². The molecule has 1 heterocycles. The molecule has 0 unspecified atom stereocenters. The molecule has 0 aliphatic carbocycles. The predicted octanol–water partition coefficient (Wildman–Crippen LogP) is 4.21. The lowest BCUT2D eigenvalue weighted by Gasteiger charge is -2.13. The van der Waals surface area contributed by atoms with Crippen LogP contribution < -0.4 is 5.32 Å². The summed E-state index contributed by atoms with van der Waals surface area (Å²) in [5.41, 5.74) is 1.18. The first kappa shape index (κ1) is 17.0. The number of halogens is 1. The van der Waals surface area contributed by atoms with Gasteiger partial charge in [0.15, 0.2) is 0 Å². The van der Waals surface area contributed by atoms with E-state index in [1.54, 1.807) is 0 Å². The number of hydrogen-bond acceptors (Lipinski definition) is 4. The maximum Gasteiger partial charge on any atom is 0.143 e. The Morgan fingerprint density at radius 2 is 1.84 bits per heavy atom. The average Bonchev–Trinajstić information content (AvgIpc) is 2.31. The zero-order valence-electron chi connectivity index (χ0n) is 12.5. The van der Waals surface area contributed by atoms with Crippen molar-refractivity contribution in [3.8, 4) is 0 Å². The van der Waals surface area contributed by atoms with Crippen molar-refractivity contribution in [1.29, 1.82) is 0 Å². The van der Waals surface area contributed by atoms with Gasteiger partial charge in [0, 0.05) is 7.05 Å². The Kier molecular flexibility index (Phi) is 7.42.